The van der Waals surface area contributed by atoms with Gasteiger partial charge in [-0.1, -0.05) is 72.3 Å². The molecule has 4 nitrogen and oxygen atoms in total. The van der Waals surface area contributed by atoms with Crippen LogP contribution in [0.2, 0.25) is 5.02 Å². The third-order valence-electron chi connectivity index (χ3n) is 4.04. The summed E-state index contributed by atoms with van der Waals surface area (Å²) in [4.78, 5) is 12.4. The van der Waals surface area contributed by atoms with E-state index in [-0.39, 0.29) is 11.1 Å². The number of rotatable bonds is 5. The number of nitrogens with one attached hydrogen (secondary N) is 2. The van der Waals surface area contributed by atoms with Crippen LogP contribution in [0.25, 0.3) is 0 Å². The van der Waals surface area contributed by atoms with Crippen LogP contribution in [-0.4, -0.2) is 11.0 Å². The summed E-state index contributed by atoms with van der Waals surface area (Å²) in [7, 11) is 0. The molecule has 0 aliphatic carbocycles. The van der Waals surface area contributed by atoms with Crippen molar-refractivity contribution in [1.82, 2.24) is 5.32 Å². The number of ether oxygens (including phenoxy) is 1. The molecule has 142 valence electrons. The zero-order valence-electron chi connectivity index (χ0n) is 15.2. The molecule has 0 aromatic heterocycles. The van der Waals surface area contributed by atoms with E-state index in [2.05, 4.69) is 10.6 Å². The smallest absolute Gasteiger partial charge is 0.324 e. The minimum atomic E-state index is -0.434. The SMILES string of the molecule is CC(Oc1ccc(NC(=O)NC(=S)c2ccccc2Cl)cc1)c1ccccc1. The molecule has 28 heavy (non-hydrogen) atoms. The normalized spacial score (nSPS) is 11.4. The van der Waals surface area contributed by atoms with Gasteiger partial charge >= 0.3 is 6.03 Å². The minimum absolute atomic E-state index is 0.0729. The number of benzene rings is 3. The van der Waals surface area contributed by atoms with Crippen LogP contribution in [0.3, 0.4) is 0 Å². The van der Waals surface area contributed by atoms with Gasteiger partial charge in [0.25, 0.3) is 0 Å². The number of amides is 2. The Bertz CT molecular complexity index is 962. The van der Waals surface area contributed by atoms with Gasteiger partial charge in [0.05, 0.1) is 5.02 Å². The van der Waals surface area contributed by atoms with Gasteiger partial charge in [0.15, 0.2) is 0 Å². The second kappa shape index (κ2) is 9.35. The molecule has 3 rings (SSSR count). The van der Waals surface area contributed by atoms with Crippen LogP contribution in [0, 0.1) is 0 Å². The summed E-state index contributed by atoms with van der Waals surface area (Å²) in [5.41, 5.74) is 2.32. The number of hydrogen-bond donors (Lipinski definition) is 2. The molecule has 6 heteroatoms. The summed E-state index contributed by atoms with van der Waals surface area (Å²) in [6, 6.07) is 23.8. The highest BCUT2D eigenvalue weighted by Gasteiger charge is 2.10. The van der Waals surface area contributed by atoms with Crippen LogP contribution in [0.4, 0.5) is 10.5 Å². The Kier molecular flexibility index (Phi) is 6.63. The largest absolute Gasteiger partial charge is 0.486 e. The Morgan fingerprint density at radius 2 is 1.61 bits per heavy atom. The summed E-state index contributed by atoms with van der Waals surface area (Å²) in [6.45, 7) is 1.99. The lowest BCUT2D eigenvalue weighted by Gasteiger charge is -2.15. The molecule has 0 fully saturated rings. The molecule has 0 bridgehead atoms. The molecule has 2 N–H and O–H groups in total. The fraction of sp³-hybridized carbons (Fsp3) is 0.0909. The van der Waals surface area contributed by atoms with Crippen molar-refractivity contribution >= 4 is 40.5 Å². The molecule has 3 aromatic rings. The molecule has 0 aliphatic rings. The number of anilines is 1. The fourth-order valence-electron chi connectivity index (χ4n) is 2.59. The third kappa shape index (κ3) is 5.31. The van der Waals surface area contributed by atoms with Crippen molar-refractivity contribution in [1.29, 1.82) is 0 Å². The Hall–Kier alpha value is -2.89. The van der Waals surface area contributed by atoms with Crippen LogP contribution in [-0.2, 0) is 0 Å². The van der Waals surface area contributed by atoms with Crippen molar-refractivity contribution in [3.05, 3.63) is 95.0 Å². The Morgan fingerprint density at radius 1 is 0.964 bits per heavy atom. The highest BCUT2D eigenvalue weighted by molar-refractivity contribution is 7.80. The molecule has 1 unspecified atom stereocenters. The van der Waals surface area contributed by atoms with Crippen LogP contribution < -0.4 is 15.4 Å². The predicted molar refractivity (Wildman–Crippen MR) is 117 cm³/mol. The van der Waals surface area contributed by atoms with Gasteiger partial charge < -0.3 is 10.1 Å². The predicted octanol–water partition coefficient (Wildman–Crippen LogP) is 5.98. The maximum absolute atomic E-state index is 12.2. The lowest BCUT2D eigenvalue weighted by atomic mass is 10.1. The van der Waals surface area contributed by atoms with Crippen molar-refractivity contribution in [2.45, 2.75) is 13.0 Å². The topological polar surface area (TPSA) is 50.4 Å². The first-order valence-corrected chi connectivity index (χ1v) is 9.50. The number of carbonyl (C=O) groups is 1. The van der Waals surface area contributed by atoms with Gasteiger partial charge in [0.2, 0.25) is 0 Å². The molecule has 0 saturated carbocycles. The van der Waals surface area contributed by atoms with E-state index in [0.717, 1.165) is 5.56 Å². The quantitative estimate of drug-likeness (QED) is 0.509. The summed E-state index contributed by atoms with van der Waals surface area (Å²) >= 11 is 11.3. The summed E-state index contributed by atoms with van der Waals surface area (Å²) in [5, 5.41) is 5.85. The van der Waals surface area contributed by atoms with E-state index in [0.29, 0.717) is 22.0 Å². The highest BCUT2D eigenvalue weighted by Crippen LogP contribution is 2.23. The molecule has 0 radical (unpaired) electrons. The van der Waals surface area contributed by atoms with E-state index in [1.165, 1.54) is 0 Å². The first kappa shape index (κ1) is 19.9. The molecule has 0 saturated heterocycles. The average Bonchev–Trinajstić information content (AvgIpc) is 2.70. The van der Waals surface area contributed by atoms with Crippen LogP contribution in [0.15, 0.2) is 78.9 Å². The van der Waals surface area contributed by atoms with Crippen LogP contribution in [0.1, 0.15) is 24.2 Å². The zero-order valence-corrected chi connectivity index (χ0v) is 16.8. The van der Waals surface area contributed by atoms with E-state index < -0.39 is 6.03 Å². The van der Waals surface area contributed by atoms with Gasteiger partial charge in [-0.15, -0.1) is 0 Å². The molecular weight excluding hydrogens is 392 g/mol. The summed E-state index contributed by atoms with van der Waals surface area (Å²) in [5.74, 6) is 0.717. The molecule has 0 aliphatic heterocycles. The van der Waals surface area contributed by atoms with E-state index in [4.69, 9.17) is 28.6 Å². The second-order valence-electron chi connectivity index (χ2n) is 6.08. The van der Waals surface area contributed by atoms with Crippen molar-refractivity contribution in [3.63, 3.8) is 0 Å². The van der Waals surface area contributed by atoms with Gasteiger partial charge in [-0.25, -0.2) is 4.79 Å². The second-order valence-corrected chi connectivity index (χ2v) is 6.90. The minimum Gasteiger partial charge on any atom is -0.486 e. The Balaban J connectivity index is 1.56. The number of halogens is 1. The average molecular weight is 411 g/mol. The molecule has 0 spiro atoms. The Labute approximate surface area is 174 Å². The van der Waals surface area contributed by atoms with E-state index in [9.17, 15) is 4.79 Å². The van der Waals surface area contributed by atoms with Crippen LogP contribution in [0.5, 0.6) is 5.75 Å². The monoisotopic (exact) mass is 410 g/mol. The maximum atomic E-state index is 12.2. The van der Waals surface area contributed by atoms with Crippen molar-refractivity contribution in [2.75, 3.05) is 5.32 Å². The van der Waals surface area contributed by atoms with E-state index in [1.807, 2.05) is 43.3 Å². The molecule has 3 aromatic carbocycles. The summed E-state index contributed by atoms with van der Waals surface area (Å²) in [6.07, 6.45) is -0.0729. The van der Waals surface area contributed by atoms with Crippen molar-refractivity contribution in [3.8, 4) is 5.75 Å². The lowest BCUT2D eigenvalue weighted by molar-refractivity contribution is 0.227. The van der Waals surface area contributed by atoms with Crippen LogP contribution >= 0.6 is 23.8 Å². The molecular formula is C22H19ClN2O2S. The Morgan fingerprint density at radius 3 is 2.29 bits per heavy atom. The van der Waals surface area contributed by atoms with Gasteiger partial charge in [0.1, 0.15) is 16.8 Å². The fourth-order valence-corrected chi connectivity index (χ4v) is 3.15. The molecule has 1 atom stereocenters. The number of hydrogen-bond acceptors (Lipinski definition) is 3. The van der Waals surface area contributed by atoms with E-state index >= 15 is 0 Å². The zero-order chi connectivity index (χ0) is 19.9. The van der Waals surface area contributed by atoms with Gasteiger partial charge in [-0.05, 0) is 42.8 Å². The number of urea groups is 1. The standard InChI is InChI=1S/C22H19ClN2O2S/c1-15(16-7-3-2-4-8-16)27-18-13-11-17(12-14-18)24-22(26)25-21(28)19-9-5-6-10-20(19)23/h2-15H,1H3,(H2,24,25,26,28). The highest BCUT2D eigenvalue weighted by atomic mass is 35.5. The van der Waals surface area contributed by atoms with Crippen molar-refractivity contribution in [2.24, 2.45) is 0 Å². The maximum Gasteiger partial charge on any atom is 0.324 e. The lowest BCUT2D eigenvalue weighted by Crippen LogP contribution is -2.33. The first-order valence-electron chi connectivity index (χ1n) is 8.71. The molecule has 0 heterocycles. The third-order valence-corrected chi connectivity index (χ3v) is 4.69. The van der Waals surface area contributed by atoms with Gasteiger partial charge in [0, 0.05) is 11.3 Å². The number of thiocarbonyl (C=S) groups is 1. The summed E-state index contributed by atoms with van der Waals surface area (Å²) < 4.78 is 5.93. The van der Waals surface area contributed by atoms with Crippen molar-refractivity contribution < 1.29 is 9.53 Å². The first-order chi connectivity index (χ1) is 13.5. The van der Waals surface area contributed by atoms with Gasteiger partial charge in [-0.2, -0.15) is 0 Å². The molecule has 2 amide bonds. The number of carbonyl (C=O) groups excluding carboxylic acids is 1. The van der Waals surface area contributed by atoms with Gasteiger partial charge in [-0.3, -0.25) is 5.32 Å². The van der Waals surface area contributed by atoms with E-state index in [1.54, 1.807) is 42.5 Å².